The van der Waals surface area contributed by atoms with Crippen molar-refractivity contribution in [3.63, 3.8) is 0 Å². The summed E-state index contributed by atoms with van der Waals surface area (Å²) in [4.78, 5) is 12.1. The third-order valence-corrected chi connectivity index (χ3v) is 3.78. The second-order valence-corrected chi connectivity index (χ2v) is 5.91. The molecule has 1 heterocycles. The highest BCUT2D eigenvalue weighted by Crippen LogP contribution is 2.20. The molecule has 25 heavy (non-hydrogen) atoms. The molecule has 0 fully saturated rings. The third-order valence-electron chi connectivity index (χ3n) is 3.78. The van der Waals surface area contributed by atoms with Gasteiger partial charge in [0.05, 0.1) is 6.61 Å². The summed E-state index contributed by atoms with van der Waals surface area (Å²) in [7, 11) is 0. The number of hydrogen-bond acceptors (Lipinski definition) is 3. The highest BCUT2D eigenvalue weighted by atomic mass is 16.5. The van der Waals surface area contributed by atoms with Crippen molar-refractivity contribution < 1.29 is 13.9 Å². The van der Waals surface area contributed by atoms with Crippen LogP contribution in [0.1, 0.15) is 19.6 Å². The van der Waals surface area contributed by atoms with E-state index in [0.29, 0.717) is 13.0 Å². The average molecular weight is 338 g/mol. The van der Waals surface area contributed by atoms with Crippen LogP contribution in [-0.2, 0) is 6.42 Å². The molecule has 2 amide bonds. The summed E-state index contributed by atoms with van der Waals surface area (Å²) < 4.78 is 11.2. The molecule has 0 radical (unpaired) electrons. The van der Waals surface area contributed by atoms with Crippen LogP contribution >= 0.6 is 0 Å². The van der Waals surface area contributed by atoms with Gasteiger partial charge in [0.25, 0.3) is 0 Å². The third kappa shape index (κ3) is 4.53. The van der Waals surface area contributed by atoms with Gasteiger partial charge in [-0.1, -0.05) is 18.2 Å². The number of fused-ring (bicyclic) bond motifs is 1. The average Bonchev–Trinajstić information content (AvgIpc) is 2.98. The molecule has 3 rings (SSSR count). The Morgan fingerprint density at radius 2 is 1.92 bits per heavy atom. The van der Waals surface area contributed by atoms with E-state index in [1.54, 1.807) is 0 Å². The molecule has 1 atom stereocenters. The van der Waals surface area contributed by atoms with Gasteiger partial charge < -0.3 is 19.8 Å². The highest BCUT2D eigenvalue weighted by molar-refractivity contribution is 5.89. The van der Waals surface area contributed by atoms with Gasteiger partial charge in [0.15, 0.2) is 0 Å². The molecule has 0 saturated heterocycles. The number of anilines is 1. The van der Waals surface area contributed by atoms with Gasteiger partial charge in [-0.25, -0.2) is 4.79 Å². The summed E-state index contributed by atoms with van der Waals surface area (Å²) in [6.07, 6.45) is 0.630. The molecule has 0 saturated carbocycles. The van der Waals surface area contributed by atoms with Crippen molar-refractivity contribution in [3.05, 3.63) is 60.4 Å². The Morgan fingerprint density at radius 3 is 2.64 bits per heavy atom. The number of carbonyl (C=O) groups is 1. The van der Waals surface area contributed by atoms with E-state index in [4.69, 9.17) is 9.15 Å². The highest BCUT2D eigenvalue weighted by Gasteiger charge is 2.11. The first-order valence-electron chi connectivity index (χ1n) is 8.42. The summed E-state index contributed by atoms with van der Waals surface area (Å²) in [6.45, 7) is 4.50. The molecule has 5 heteroatoms. The van der Waals surface area contributed by atoms with E-state index < -0.39 is 0 Å². The minimum atomic E-state index is -0.243. The molecule has 130 valence electrons. The second kappa shape index (κ2) is 7.75. The van der Waals surface area contributed by atoms with Crippen molar-refractivity contribution in [2.24, 2.45) is 0 Å². The molecule has 3 aromatic rings. The van der Waals surface area contributed by atoms with Crippen LogP contribution in [0.2, 0.25) is 0 Å². The van der Waals surface area contributed by atoms with E-state index in [0.717, 1.165) is 28.2 Å². The molecule has 2 aromatic carbocycles. The van der Waals surface area contributed by atoms with E-state index in [1.807, 2.05) is 68.4 Å². The fourth-order valence-electron chi connectivity index (χ4n) is 2.68. The minimum absolute atomic E-state index is 0.0525. The lowest BCUT2D eigenvalue weighted by atomic mass is 10.2. The predicted molar refractivity (Wildman–Crippen MR) is 99.1 cm³/mol. The predicted octanol–water partition coefficient (Wildman–Crippen LogP) is 4.58. The summed E-state index contributed by atoms with van der Waals surface area (Å²) in [5.41, 5.74) is 1.58. The Hall–Kier alpha value is -2.95. The quantitative estimate of drug-likeness (QED) is 0.691. The smallest absolute Gasteiger partial charge is 0.319 e. The lowest BCUT2D eigenvalue weighted by molar-refractivity contribution is 0.249. The molecule has 0 aliphatic carbocycles. The van der Waals surface area contributed by atoms with Gasteiger partial charge in [-0.3, -0.25) is 0 Å². The maximum Gasteiger partial charge on any atom is 0.319 e. The van der Waals surface area contributed by atoms with Crippen LogP contribution in [0.5, 0.6) is 5.75 Å². The van der Waals surface area contributed by atoms with Crippen LogP contribution in [0.25, 0.3) is 11.0 Å². The van der Waals surface area contributed by atoms with Crippen molar-refractivity contribution >= 4 is 22.7 Å². The number of ether oxygens (including phenoxy) is 1. The van der Waals surface area contributed by atoms with Crippen molar-refractivity contribution in [2.45, 2.75) is 26.3 Å². The van der Waals surface area contributed by atoms with Crippen LogP contribution in [-0.4, -0.2) is 18.7 Å². The van der Waals surface area contributed by atoms with Gasteiger partial charge in [-0.05, 0) is 50.2 Å². The zero-order valence-corrected chi connectivity index (χ0v) is 14.4. The topological polar surface area (TPSA) is 63.5 Å². The normalized spacial score (nSPS) is 11.9. The fraction of sp³-hybridized carbons (Fsp3) is 0.250. The zero-order chi connectivity index (χ0) is 17.6. The maximum absolute atomic E-state index is 12.1. The zero-order valence-electron chi connectivity index (χ0n) is 14.4. The van der Waals surface area contributed by atoms with Crippen LogP contribution in [0.15, 0.2) is 59.0 Å². The van der Waals surface area contributed by atoms with Crippen molar-refractivity contribution in [3.8, 4) is 5.75 Å². The van der Waals surface area contributed by atoms with E-state index >= 15 is 0 Å². The Morgan fingerprint density at radius 1 is 1.16 bits per heavy atom. The fourth-order valence-corrected chi connectivity index (χ4v) is 2.68. The molecular weight excluding hydrogens is 316 g/mol. The van der Waals surface area contributed by atoms with Crippen LogP contribution in [0, 0.1) is 0 Å². The van der Waals surface area contributed by atoms with E-state index in [1.165, 1.54) is 0 Å². The minimum Gasteiger partial charge on any atom is -0.494 e. The lowest BCUT2D eigenvalue weighted by Gasteiger charge is -2.13. The Bertz CT molecular complexity index is 807. The SMILES string of the molecule is CCOc1ccc(NC(=O)N[C@H](C)Cc2cc3ccccc3o2)cc1. The Labute approximate surface area is 147 Å². The first-order valence-corrected chi connectivity index (χ1v) is 8.42. The van der Waals surface area contributed by atoms with Gasteiger partial charge in [-0.15, -0.1) is 0 Å². The molecule has 0 bridgehead atoms. The molecular formula is C20H22N2O3. The van der Waals surface area contributed by atoms with Crippen molar-refractivity contribution in [1.29, 1.82) is 0 Å². The monoisotopic (exact) mass is 338 g/mol. The van der Waals surface area contributed by atoms with Crippen molar-refractivity contribution in [2.75, 3.05) is 11.9 Å². The number of amides is 2. The molecule has 5 nitrogen and oxygen atoms in total. The number of para-hydroxylation sites is 1. The van der Waals surface area contributed by atoms with Gasteiger partial charge in [0, 0.05) is 23.5 Å². The van der Waals surface area contributed by atoms with Crippen LogP contribution in [0.4, 0.5) is 10.5 Å². The summed E-state index contributed by atoms with van der Waals surface area (Å²) in [5, 5.41) is 6.81. The molecule has 0 spiro atoms. The molecule has 0 aliphatic rings. The number of benzene rings is 2. The van der Waals surface area contributed by atoms with Gasteiger partial charge in [0.2, 0.25) is 0 Å². The molecule has 0 unspecified atom stereocenters. The maximum atomic E-state index is 12.1. The number of urea groups is 1. The first kappa shape index (κ1) is 16.9. The Balaban J connectivity index is 1.53. The Kier molecular flexibility index (Phi) is 5.23. The number of rotatable bonds is 6. The molecule has 2 N–H and O–H groups in total. The summed E-state index contributed by atoms with van der Waals surface area (Å²) in [5.74, 6) is 1.64. The number of furan rings is 1. The largest absolute Gasteiger partial charge is 0.494 e. The first-order chi connectivity index (χ1) is 12.1. The standard InChI is InChI=1S/C20H22N2O3/c1-3-24-17-10-8-16(9-11-17)22-20(23)21-14(2)12-18-13-15-6-4-5-7-19(15)25-18/h4-11,13-14H,3,12H2,1-2H3,(H2,21,22,23)/t14-/m1/s1. The number of nitrogens with one attached hydrogen (secondary N) is 2. The summed E-state index contributed by atoms with van der Waals surface area (Å²) >= 11 is 0. The lowest BCUT2D eigenvalue weighted by Crippen LogP contribution is -2.37. The number of carbonyl (C=O) groups excluding carboxylic acids is 1. The van der Waals surface area contributed by atoms with E-state index in [-0.39, 0.29) is 12.1 Å². The van der Waals surface area contributed by atoms with Crippen molar-refractivity contribution in [1.82, 2.24) is 5.32 Å². The van der Waals surface area contributed by atoms with Crippen LogP contribution < -0.4 is 15.4 Å². The van der Waals surface area contributed by atoms with Gasteiger partial charge >= 0.3 is 6.03 Å². The van der Waals surface area contributed by atoms with Gasteiger partial charge in [-0.2, -0.15) is 0 Å². The van der Waals surface area contributed by atoms with Crippen LogP contribution in [0.3, 0.4) is 0 Å². The molecule has 1 aromatic heterocycles. The second-order valence-electron chi connectivity index (χ2n) is 5.91. The van der Waals surface area contributed by atoms with E-state index in [2.05, 4.69) is 10.6 Å². The number of hydrogen-bond donors (Lipinski definition) is 2. The molecule has 0 aliphatic heterocycles. The van der Waals surface area contributed by atoms with Gasteiger partial charge in [0.1, 0.15) is 17.1 Å². The summed E-state index contributed by atoms with van der Waals surface area (Å²) in [6, 6.07) is 16.9. The van der Waals surface area contributed by atoms with E-state index in [9.17, 15) is 4.79 Å².